The Balaban J connectivity index is -0.000000105. The summed E-state index contributed by atoms with van der Waals surface area (Å²) < 4.78 is 13.3. The van der Waals surface area contributed by atoms with Gasteiger partial charge in [-0.1, -0.05) is 0 Å². The number of phosphoric acid groups is 1. The summed E-state index contributed by atoms with van der Waals surface area (Å²) in [6, 6.07) is 0. The van der Waals surface area contributed by atoms with Crippen LogP contribution < -0.4 is 74.6 Å². The van der Waals surface area contributed by atoms with Gasteiger partial charge in [-0.25, -0.2) is 0 Å². The SMILES string of the molecule is NCCO.O=P([O-])([O-])OCC(O)CO.[Na+].[Na+]. The Morgan fingerprint density at radius 1 is 1.31 bits per heavy atom. The van der Waals surface area contributed by atoms with Crippen LogP contribution in [-0.4, -0.2) is 47.8 Å². The minimum atomic E-state index is -5.00. The second-order valence-electron chi connectivity index (χ2n) is 2.09. The second-order valence-corrected chi connectivity index (χ2v) is 3.24. The zero-order valence-electron chi connectivity index (χ0n) is 9.40. The monoisotopic (exact) mass is 277 g/mol. The number of nitrogens with two attached hydrogens (primary N) is 1. The van der Waals surface area contributed by atoms with Gasteiger partial charge in [0.1, 0.15) is 6.10 Å². The van der Waals surface area contributed by atoms with Crippen LogP contribution in [0.25, 0.3) is 0 Å². The Labute approximate surface area is 138 Å². The van der Waals surface area contributed by atoms with Crippen LogP contribution in [0.2, 0.25) is 0 Å². The van der Waals surface area contributed by atoms with Crippen LogP contribution in [0.15, 0.2) is 0 Å². The number of phosphoric ester groups is 1. The Morgan fingerprint density at radius 3 is 1.88 bits per heavy atom. The summed E-state index contributed by atoms with van der Waals surface area (Å²) in [6.07, 6.45) is -1.32. The van der Waals surface area contributed by atoms with Crippen molar-refractivity contribution in [3.63, 3.8) is 0 Å². The number of hydrogen-bond acceptors (Lipinski definition) is 8. The van der Waals surface area contributed by atoms with E-state index < -0.39 is 27.1 Å². The predicted octanol–water partition coefficient (Wildman–Crippen LogP) is -9.87. The molecule has 0 radical (unpaired) electrons. The van der Waals surface area contributed by atoms with Crippen molar-refractivity contribution in [3.05, 3.63) is 0 Å². The van der Waals surface area contributed by atoms with Crippen LogP contribution in [0.3, 0.4) is 0 Å². The molecule has 0 amide bonds. The average molecular weight is 277 g/mol. The molecule has 0 aliphatic carbocycles. The third-order valence-electron chi connectivity index (χ3n) is 0.765. The maximum absolute atomic E-state index is 9.71. The van der Waals surface area contributed by atoms with Crippen molar-refractivity contribution in [2.24, 2.45) is 5.73 Å². The van der Waals surface area contributed by atoms with Gasteiger partial charge in [-0.2, -0.15) is 0 Å². The van der Waals surface area contributed by atoms with Crippen molar-refractivity contribution in [2.45, 2.75) is 6.10 Å². The van der Waals surface area contributed by atoms with E-state index in [1.165, 1.54) is 0 Å². The Kier molecular flexibility index (Phi) is 28.1. The van der Waals surface area contributed by atoms with Crippen LogP contribution in [0, 0.1) is 0 Å². The van der Waals surface area contributed by atoms with Gasteiger partial charge in [0.25, 0.3) is 0 Å². The van der Waals surface area contributed by atoms with Crippen molar-refractivity contribution in [1.29, 1.82) is 0 Å². The van der Waals surface area contributed by atoms with E-state index in [2.05, 4.69) is 4.52 Å². The predicted molar refractivity (Wildman–Crippen MR) is 42.8 cm³/mol. The molecule has 88 valence electrons. The fourth-order valence-corrected chi connectivity index (χ4v) is 0.585. The van der Waals surface area contributed by atoms with Crippen molar-refractivity contribution < 1.29 is 93.3 Å². The zero-order chi connectivity index (χ0) is 11.6. The molecule has 0 spiro atoms. The van der Waals surface area contributed by atoms with E-state index in [1.54, 1.807) is 0 Å². The maximum atomic E-state index is 9.71. The summed E-state index contributed by atoms with van der Waals surface area (Å²) in [5, 5.41) is 24.3. The molecule has 0 heterocycles. The summed E-state index contributed by atoms with van der Waals surface area (Å²) in [5.74, 6) is 0. The molecule has 11 heteroatoms. The number of hydrogen-bond donors (Lipinski definition) is 4. The first-order valence-electron chi connectivity index (χ1n) is 3.63. The largest absolute Gasteiger partial charge is 1.00 e. The van der Waals surface area contributed by atoms with E-state index in [0.29, 0.717) is 6.54 Å². The molecule has 0 fully saturated rings. The molecule has 0 aliphatic heterocycles. The van der Waals surface area contributed by atoms with Crippen LogP contribution in [0.5, 0.6) is 0 Å². The Morgan fingerprint density at radius 2 is 1.69 bits per heavy atom. The molecule has 0 aromatic heterocycles. The van der Waals surface area contributed by atoms with Gasteiger partial charge >= 0.3 is 59.1 Å². The average Bonchev–Trinajstić information content (AvgIpc) is 2.13. The third kappa shape index (κ3) is 29.7. The number of rotatable bonds is 5. The first-order chi connectivity index (χ1) is 6.37. The van der Waals surface area contributed by atoms with Gasteiger partial charge in [0.15, 0.2) is 0 Å². The van der Waals surface area contributed by atoms with Crippen molar-refractivity contribution in [2.75, 3.05) is 26.4 Å². The molecule has 0 aromatic carbocycles. The molecule has 16 heavy (non-hydrogen) atoms. The van der Waals surface area contributed by atoms with Crippen LogP contribution in [0.1, 0.15) is 0 Å². The summed E-state index contributed by atoms with van der Waals surface area (Å²) in [7, 11) is -5.00. The van der Waals surface area contributed by atoms with Crippen LogP contribution in [-0.2, 0) is 9.09 Å². The normalized spacial score (nSPS) is 11.4. The van der Waals surface area contributed by atoms with Gasteiger partial charge in [0.2, 0.25) is 0 Å². The van der Waals surface area contributed by atoms with Crippen molar-refractivity contribution >= 4 is 7.82 Å². The summed E-state index contributed by atoms with van der Waals surface area (Å²) >= 11 is 0. The minimum absolute atomic E-state index is 0. The fraction of sp³-hybridized carbons (Fsp3) is 1.00. The van der Waals surface area contributed by atoms with E-state index >= 15 is 0 Å². The molecular weight excluding hydrogens is 263 g/mol. The van der Waals surface area contributed by atoms with Crippen molar-refractivity contribution in [1.82, 2.24) is 0 Å². The first-order valence-corrected chi connectivity index (χ1v) is 5.09. The molecule has 1 unspecified atom stereocenters. The standard InChI is InChI=1S/C3H9O6P.C2H7NO.2Na/c4-1-3(5)2-9-10(6,7)8;3-1-2-4;;/h3-5H,1-2H2,(H2,6,7,8);4H,1-3H2;;/q;;2*+1/p-2. The van der Waals surface area contributed by atoms with Crippen molar-refractivity contribution in [3.8, 4) is 0 Å². The van der Waals surface area contributed by atoms with Gasteiger partial charge in [-0.3, -0.25) is 0 Å². The minimum Gasteiger partial charge on any atom is -0.790 e. The first kappa shape index (κ1) is 26.5. The number of aliphatic hydroxyl groups is 3. The van der Waals surface area contributed by atoms with E-state index in [1.807, 2.05) is 0 Å². The van der Waals surface area contributed by atoms with Gasteiger partial charge in [0.05, 0.1) is 27.6 Å². The van der Waals surface area contributed by atoms with Crippen LogP contribution in [0.4, 0.5) is 0 Å². The topological polar surface area (TPSA) is 159 Å². The van der Waals surface area contributed by atoms with E-state index in [4.69, 9.17) is 21.1 Å². The molecule has 5 N–H and O–H groups in total. The molecule has 0 aromatic rings. The second kappa shape index (κ2) is 16.9. The summed E-state index contributed by atoms with van der Waals surface area (Å²) in [6.45, 7) is -0.860. The Hall–Kier alpha value is 1.95. The molecular formula is C5H14NNa2O7P. The molecule has 0 bridgehead atoms. The summed E-state index contributed by atoms with van der Waals surface area (Å²) in [4.78, 5) is 19.4. The molecule has 1 atom stereocenters. The van der Waals surface area contributed by atoms with E-state index in [0.717, 1.165) is 0 Å². The van der Waals surface area contributed by atoms with Gasteiger partial charge < -0.3 is 39.9 Å². The Bertz CT molecular complexity index is 167. The maximum Gasteiger partial charge on any atom is 1.00 e. The molecule has 0 saturated heterocycles. The molecule has 0 rings (SSSR count). The number of aliphatic hydroxyl groups excluding tert-OH is 3. The third-order valence-corrected chi connectivity index (χ3v) is 1.23. The van der Waals surface area contributed by atoms with Gasteiger partial charge in [-0.05, 0) is 0 Å². The molecule has 0 saturated carbocycles. The van der Waals surface area contributed by atoms with E-state index in [9.17, 15) is 14.4 Å². The van der Waals surface area contributed by atoms with Gasteiger partial charge in [-0.15, -0.1) is 0 Å². The van der Waals surface area contributed by atoms with Crippen LogP contribution >= 0.6 is 7.82 Å². The molecule has 0 aliphatic rings. The summed E-state index contributed by atoms with van der Waals surface area (Å²) in [5.41, 5.74) is 4.78. The van der Waals surface area contributed by atoms with Gasteiger partial charge in [0, 0.05) is 6.54 Å². The zero-order valence-corrected chi connectivity index (χ0v) is 14.3. The smallest absolute Gasteiger partial charge is 0.790 e. The van der Waals surface area contributed by atoms with E-state index in [-0.39, 0.29) is 65.7 Å². The molecule has 8 nitrogen and oxygen atoms in total. The quantitative estimate of drug-likeness (QED) is 0.284. The fourth-order valence-electron chi connectivity index (χ4n) is 0.230.